The van der Waals surface area contributed by atoms with Crippen molar-refractivity contribution in [2.24, 2.45) is 5.73 Å². The van der Waals surface area contributed by atoms with Crippen LogP contribution in [0.2, 0.25) is 5.15 Å². The topological polar surface area (TPSA) is 38.9 Å². The lowest BCUT2D eigenvalue weighted by Crippen LogP contribution is -1.97. The van der Waals surface area contributed by atoms with E-state index in [0.29, 0.717) is 11.7 Å². The molecule has 1 aromatic rings. The SMILES string of the molecule is Cl.NCc1cnc(Cl)cc1Br. The monoisotopic (exact) mass is 256 g/mol. The van der Waals surface area contributed by atoms with Crippen molar-refractivity contribution in [2.75, 3.05) is 0 Å². The number of nitrogens with two attached hydrogens (primary N) is 1. The lowest BCUT2D eigenvalue weighted by molar-refractivity contribution is 1.04. The van der Waals surface area contributed by atoms with Gasteiger partial charge in [-0.3, -0.25) is 0 Å². The zero-order chi connectivity index (χ0) is 7.56. The van der Waals surface area contributed by atoms with Crippen molar-refractivity contribution in [3.8, 4) is 0 Å². The van der Waals surface area contributed by atoms with Crippen molar-refractivity contribution in [1.82, 2.24) is 4.98 Å². The summed E-state index contributed by atoms with van der Waals surface area (Å²) >= 11 is 8.89. The molecule has 0 saturated carbocycles. The Bertz CT molecular complexity index is 242. The molecule has 0 aliphatic heterocycles. The van der Waals surface area contributed by atoms with E-state index in [9.17, 15) is 0 Å². The van der Waals surface area contributed by atoms with Gasteiger partial charge in [0, 0.05) is 17.2 Å². The molecule has 0 aromatic carbocycles. The molecule has 0 fully saturated rings. The summed E-state index contributed by atoms with van der Waals surface area (Å²) in [5, 5.41) is 0.476. The van der Waals surface area contributed by atoms with Gasteiger partial charge in [0.2, 0.25) is 0 Å². The van der Waals surface area contributed by atoms with E-state index >= 15 is 0 Å². The number of rotatable bonds is 1. The van der Waals surface area contributed by atoms with Crippen molar-refractivity contribution in [3.63, 3.8) is 0 Å². The van der Waals surface area contributed by atoms with Crippen molar-refractivity contribution in [1.29, 1.82) is 0 Å². The van der Waals surface area contributed by atoms with E-state index in [-0.39, 0.29) is 12.4 Å². The fraction of sp³-hybridized carbons (Fsp3) is 0.167. The molecule has 2 N–H and O–H groups in total. The maximum atomic E-state index is 5.59. The highest BCUT2D eigenvalue weighted by atomic mass is 79.9. The van der Waals surface area contributed by atoms with E-state index in [2.05, 4.69) is 20.9 Å². The third-order valence-electron chi connectivity index (χ3n) is 1.12. The standard InChI is InChI=1S/C6H6BrClN2.ClH/c7-5-1-6(8)10-3-4(5)2-9;/h1,3H,2,9H2;1H. The summed E-state index contributed by atoms with van der Waals surface area (Å²) in [4.78, 5) is 3.87. The van der Waals surface area contributed by atoms with Crippen LogP contribution >= 0.6 is 39.9 Å². The van der Waals surface area contributed by atoms with E-state index in [1.807, 2.05) is 0 Å². The average Bonchev–Trinajstić information content (AvgIpc) is 1.88. The molecule has 0 saturated heterocycles. The van der Waals surface area contributed by atoms with Crippen molar-refractivity contribution < 1.29 is 0 Å². The Labute approximate surface area is 84.7 Å². The molecule has 0 unspecified atom stereocenters. The first-order valence-electron chi connectivity index (χ1n) is 2.74. The highest BCUT2D eigenvalue weighted by Gasteiger charge is 1.97. The summed E-state index contributed by atoms with van der Waals surface area (Å²) in [5.41, 5.74) is 6.35. The number of aromatic nitrogens is 1. The van der Waals surface area contributed by atoms with Gasteiger partial charge in [0.05, 0.1) is 0 Å². The predicted octanol–water partition coefficient (Wildman–Crippen LogP) is 2.38. The quantitative estimate of drug-likeness (QED) is 0.785. The Hall–Kier alpha value is 0.170. The summed E-state index contributed by atoms with van der Waals surface area (Å²) in [6.45, 7) is 0.477. The van der Waals surface area contributed by atoms with Gasteiger partial charge in [0.15, 0.2) is 0 Å². The largest absolute Gasteiger partial charge is 0.326 e. The molecule has 0 radical (unpaired) electrons. The Morgan fingerprint density at radius 2 is 2.27 bits per heavy atom. The smallest absolute Gasteiger partial charge is 0.130 e. The minimum atomic E-state index is 0. The third-order valence-corrected chi connectivity index (χ3v) is 2.06. The molecule has 0 bridgehead atoms. The fourth-order valence-corrected chi connectivity index (χ4v) is 1.36. The van der Waals surface area contributed by atoms with Crippen LogP contribution in [0, 0.1) is 0 Å². The van der Waals surface area contributed by atoms with Crippen LogP contribution in [0.4, 0.5) is 0 Å². The lowest BCUT2D eigenvalue weighted by atomic mass is 10.3. The van der Waals surface area contributed by atoms with Gasteiger partial charge < -0.3 is 5.73 Å². The van der Waals surface area contributed by atoms with Gasteiger partial charge in [-0.15, -0.1) is 12.4 Å². The summed E-state index contributed by atoms with van der Waals surface area (Å²) < 4.78 is 0.912. The van der Waals surface area contributed by atoms with Gasteiger partial charge in [-0.1, -0.05) is 27.5 Å². The van der Waals surface area contributed by atoms with Crippen LogP contribution in [-0.2, 0) is 6.54 Å². The number of pyridine rings is 1. The molecule has 11 heavy (non-hydrogen) atoms. The van der Waals surface area contributed by atoms with E-state index in [4.69, 9.17) is 17.3 Å². The van der Waals surface area contributed by atoms with Crippen LogP contribution in [-0.4, -0.2) is 4.98 Å². The van der Waals surface area contributed by atoms with Gasteiger partial charge in [-0.2, -0.15) is 0 Å². The van der Waals surface area contributed by atoms with Crippen LogP contribution in [0.3, 0.4) is 0 Å². The molecule has 0 atom stereocenters. The minimum absolute atomic E-state index is 0. The second-order valence-electron chi connectivity index (χ2n) is 1.80. The summed E-state index contributed by atoms with van der Waals surface area (Å²) in [5.74, 6) is 0. The Morgan fingerprint density at radius 3 is 2.73 bits per heavy atom. The maximum Gasteiger partial charge on any atom is 0.130 e. The highest BCUT2D eigenvalue weighted by molar-refractivity contribution is 9.10. The first-order valence-corrected chi connectivity index (χ1v) is 3.91. The molecule has 0 aliphatic rings. The van der Waals surface area contributed by atoms with Crippen LogP contribution < -0.4 is 5.73 Å². The normalized spacial score (nSPS) is 9.00. The Kier molecular flexibility index (Phi) is 5.01. The van der Waals surface area contributed by atoms with Gasteiger partial charge >= 0.3 is 0 Å². The number of nitrogens with zero attached hydrogens (tertiary/aromatic N) is 1. The minimum Gasteiger partial charge on any atom is -0.326 e. The summed E-state index contributed by atoms with van der Waals surface area (Å²) in [6.07, 6.45) is 1.66. The number of hydrogen-bond donors (Lipinski definition) is 1. The highest BCUT2D eigenvalue weighted by Crippen LogP contribution is 2.18. The van der Waals surface area contributed by atoms with Crippen molar-refractivity contribution in [3.05, 3.63) is 27.5 Å². The van der Waals surface area contributed by atoms with E-state index in [0.717, 1.165) is 10.0 Å². The first-order chi connectivity index (χ1) is 4.74. The second kappa shape index (κ2) is 4.93. The molecular formula is C6H7BrCl2N2. The Morgan fingerprint density at radius 1 is 1.64 bits per heavy atom. The molecule has 1 aromatic heterocycles. The molecule has 2 nitrogen and oxygen atoms in total. The molecular weight excluding hydrogens is 251 g/mol. The molecule has 1 heterocycles. The lowest BCUT2D eigenvalue weighted by Gasteiger charge is -1.98. The van der Waals surface area contributed by atoms with Gasteiger partial charge in [0.1, 0.15) is 5.15 Å². The molecule has 0 amide bonds. The molecule has 0 spiro atoms. The van der Waals surface area contributed by atoms with E-state index in [1.165, 1.54) is 0 Å². The molecule has 5 heteroatoms. The maximum absolute atomic E-state index is 5.59. The zero-order valence-corrected chi connectivity index (χ0v) is 8.71. The van der Waals surface area contributed by atoms with E-state index in [1.54, 1.807) is 12.3 Å². The van der Waals surface area contributed by atoms with Gasteiger partial charge in [-0.05, 0) is 11.6 Å². The van der Waals surface area contributed by atoms with Crippen LogP contribution in [0.1, 0.15) is 5.56 Å². The van der Waals surface area contributed by atoms with Crippen LogP contribution in [0.25, 0.3) is 0 Å². The first kappa shape index (κ1) is 11.2. The number of hydrogen-bond acceptors (Lipinski definition) is 2. The summed E-state index contributed by atoms with van der Waals surface area (Å²) in [6, 6.07) is 1.73. The van der Waals surface area contributed by atoms with E-state index < -0.39 is 0 Å². The predicted molar refractivity (Wildman–Crippen MR) is 52.1 cm³/mol. The van der Waals surface area contributed by atoms with Crippen molar-refractivity contribution in [2.45, 2.75) is 6.54 Å². The van der Waals surface area contributed by atoms with Gasteiger partial charge in [-0.25, -0.2) is 4.98 Å². The Balaban J connectivity index is 0.000001000. The molecule has 0 aliphatic carbocycles. The van der Waals surface area contributed by atoms with Crippen LogP contribution in [0.15, 0.2) is 16.7 Å². The summed E-state index contributed by atoms with van der Waals surface area (Å²) in [7, 11) is 0. The average molecular weight is 258 g/mol. The molecule has 1 rings (SSSR count). The number of halogens is 3. The van der Waals surface area contributed by atoms with Crippen molar-refractivity contribution >= 4 is 39.9 Å². The fourth-order valence-electron chi connectivity index (χ4n) is 0.586. The molecule has 62 valence electrons. The second-order valence-corrected chi connectivity index (χ2v) is 3.04. The zero-order valence-electron chi connectivity index (χ0n) is 5.55. The van der Waals surface area contributed by atoms with Gasteiger partial charge in [0.25, 0.3) is 0 Å². The van der Waals surface area contributed by atoms with Crippen LogP contribution in [0.5, 0.6) is 0 Å². The third kappa shape index (κ3) is 2.95.